The summed E-state index contributed by atoms with van der Waals surface area (Å²) >= 11 is 0. The van der Waals surface area contributed by atoms with Crippen molar-refractivity contribution in [3.63, 3.8) is 0 Å². The Kier molecular flexibility index (Phi) is 4.93. The quantitative estimate of drug-likeness (QED) is 0.798. The van der Waals surface area contributed by atoms with E-state index in [2.05, 4.69) is 10.2 Å². The average Bonchev–Trinajstić information content (AvgIpc) is 2.86. The maximum atomic E-state index is 12.2. The lowest BCUT2D eigenvalue weighted by Gasteiger charge is -2.14. The molecule has 1 aromatic carbocycles. The Morgan fingerprint density at radius 2 is 2.20 bits per heavy atom. The second-order valence-corrected chi connectivity index (χ2v) is 5.58. The number of carbonyl (C=O) groups is 1. The Morgan fingerprint density at radius 1 is 1.40 bits per heavy atom. The van der Waals surface area contributed by atoms with Crippen LogP contribution in [-0.4, -0.2) is 42.7 Å². The van der Waals surface area contributed by atoms with Crippen molar-refractivity contribution in [3.05, 3.63) is 47.5 Å². The molecule has 0 heterocycles. The molecule has 0 aliphatic heterocycles. The average molecular weight is 274 g/mol. The van der Waals surface area contributed by atoms with Gasteiger partial charge in [0, 0.05) is 30.7 Å². The molecule has 2 atom stereocenters. The summed E-state index contributed by atoms with van der Waals surface area (Å²) in [5, 5.41) is 12.1. The number of benzene rings is 1. The summed E-state index contributed by atoms with van der Waals surface area (Å²) in [5.41, 5.74) is 1.81. The van der Waals surface area contributed by atoms with E-state index in [1.165, 1.54) is 0 Å². The Morgan fingerprint density at radius 3 is 2.85 bits per heavy atom. The third kappa shape index (κ3) is 3.92. The van der Waals surface area contributed by atoms with Gasteiger partial charge in [0.15, 0.2) is 0 Å². The second kappa shape index (κ2) is 6.68. The zero-order valence-corrected chi connectivity index (χ0v) is 12.0. The molecule has 0 fully saturated rings. The fraction of sp³-hybridized carbons (Fsp3) is 0.438. The van der Waals surface area contributed by atoms with Gasteiger partial charge in [0.1, 0.15) is 0 Å². The van der Waals surface area contributed by atoms with Gasteiger partial charge in [-0.1, -0.05) is 24.3 Å². The van der Waals surface area contributed by atoms with Gasteiger partial charge in [0.2, 0.25) is 0 Å². The van der Waals surface area contributed by atoms with Crippen LogP contribution in [0, 0.1) is 5.92 Å². The van der Waals surface area contributed by atoms with Crippen LogP contribution < -0.4 is 5.32 Å². The molecule has 0 saturated heterocycles. The van der Waals surface area contributed by atoms with Gasteiger partial charge in [-0.25, -0.2) is 0 Å². The lowest BCUT2D eigenvalue weighted by Crippen LogP contribution is -2.33. The topological polar surface area (TPSA) is 52.6 Å². The molecule has 2 N–H and O–H groups in total. The maximum Gasteiger partial charge on any atom is 0.251 e. The number of amides is 1. The second-order valence-electron chi connectivity index (χ2n) is 5.58. The summed E-state index contributed by atoms with van der Waals surface area (Å²) in [7, 11) is 4.01. The summed E-state index contributed by atoms with van der Waals surface area (Å²) in [6.45, 7) is 0.957. The SMILES string of the molecule is CN(C)Cc1cccc(C(=O)N[C@@H]2C=C[C@H](CO)C2)c1. The third-order valence-corrected chi connectivity index (χ3v) is 3.41. The van der Waals surface area contributed by atoms with Crippen molar-refractivity contribution in [2.75, 3.05) is 20.7 Å². The van der Waals surface area contributed by atoms with Crippen LogP contribution >= 0.6 is 0 Å². The van der Waals surface area contributed by atoms with Crippen LogP contribution in [0.25, 0.3) is 0 Å². The number of rotatable bonds is 5. The first-order valence-corrected chi connectivity index (χ1v) is 6.92. The van der Waals surface area contributed by atoms with E-state index in [0.717, 1.165) is 18.5 Å². The summed E-state index contributed by atoms with van der Waals surface area (Å²) in [5.74, 6) is 0.110. The minimum atomic E-state index is -0.0566. The van der Waals surface area contributed by atoms with Crippen LogP contribution in [0.3, 0.4) is 0 Å². The molecular weight excluding hydrogens is 252 g/mol. The molecule has 4 heteroatoms. The highest BCUT2D eigenvalue weighted by molar-refractivity contribution is 5.94. The minimum absolute atomic E-state index is 0.0251. The van der Waals surface area contributed by atoms with E-state index in [-0.39, 0.29) is 24.5 Å². The highest BCUT2D eigenvalue weighted by atomic mass is 16.3. The van der Waals surface area contributed by atoms with Gasteiger partial charge in [-0.3, -0.25) is 4.79 Å². The van der Waals surface area contributed by atoms with Crippen molar-refractivity contribution in [1.29, 1.82) is 0 Å². The number of nitrogens with one attached hydrogen (secondary N) is 1. The summed E-state index contributed by atoms with van der Waals surface area (Å²) in [6, 6.07) is 7.72. The molecular formula is C16H22N2O2. The third-order valence-electron chi connectivity index (χ3n) is 3.41. The molecule has 2 rings (SSSR count). The first-order chi connectivity index (χ1) is 9.58. The largest absolute Gasteiger partial charge is 0.396 e. The molecule has 108 valence electrons. The van der Waals surface area contributed by atoms with Gasteiger partial charge >= 0.3 is 0 Å². The van der Waals surface area contributed by atoms with Gasteiger partial charge in [-0.05, 0) is 38.2 Å². The van der Waals surface area contributed by atoms with E-state index in [1.54, 1.807) is 0 Å². The zero-order chi connectivity index (χ0) is 14.5. The van der Waals surface area contributed by atoms with E-state index in [4.69, 9.17) is 5.11 Å². The smallest absolute Gasteiger partial charge is 0.251 e. The number of aliphatic hydroxyl groups is 1. The van der Waals surface area contributed by atoms with Crippen molar-refractivity contribution in [2.24, 2.45) is 5.92 Å². The fourth-order valence-electron chi connectivity index (χ4n) is 2.44. The van der Waals surface area contributed by atoms with E-state index in [9.17, 15) is 4.79 Å². The highest BCUT2D eigenvalue weighted by Crippen LogP contribution is 2.17. The normalized spacial score (nSPS) is 21.4. The van der Waals surface area contributed by atoms with E-state index < -0.39 is 0 Å². The Bertz CT molecular complexity index is 497. The summed E-state index contributed by atoms with van der Waals surface area (Å²) in [6.07, 6.45) is 4.70. The lowest BCUT2D eigenvalue weighted by molar-refractivity contribution is 0.0941. The molecule has 0 radical (unpaired) electrons. The van der Waals surface area contributed by atoms with Gasteiger partial charge in [0.25, 0.3) is 5.91 Å². The van der Waals surface area contributed by atoms with E-state index >= 15 is 0 Å². The van der Waals surface area contributed by atoms with Crippen molar-refractivity contribution in [1.82, 2.24) is 10.2 Å². The van der Waals surface area contributed by atoms with Crippen LogP contribution in [0.4, 0.5) is 0 Å². The summed E-state index contributed by atoms with van der Waals surface area (Å²) < 4.78 is 0. The molecule has 20 heavy (non-hydrogen) atoms. The van der Waals surface area contributed by atoms with Crippen LogP contribution in [0.2, 0.25) is 0 Å². The standard InChI is InChI=1S/C16H22N2O2/c1-18(2)10-12-4-3-5-14(8-12)16(20)17-15-7-6-13(9-15)11-19/h3-8,13,15,19H,9-11H2,1-2H3,(H,17,20)/t13-,15+/m0/s1. The van der Waals surface area contributed by atoms with E-state index in [0.29, 0.717) is 5.56 Å². The molecule has 1 aliphatic rings. The van der Waals surface area contributed by atoms with E-state index in [1.807, 2.05) is 50.5 Å². The van der Waals surface area contributed by atoms with Crippen molar-refractivity contribution in [3.8, 4) is 0 Å². The molecule has 4 nitrogen and oxygen atoms in total. The predicted molar refractivity (Wildman–Crippen MR) is 79.4 cm³/mol. The van der Waals surface area contributed by atoms with Crippen LogP contribution in [0.1, 0.15) is 22.3 Å². The summed E-state index contributed by atoms with van der Waals surface area (Å²) in [4.78, 5) is 14.3. The number of nitrogens with zero attached hydrogens (tertiary/aromatic N) is 1. The molecule has 1 aromatic rings. The molecule has 0 spiro atoms. The number of carbonyl (C=O) groups excluding carboxylic acids is 1. The zero-order valence-electron chi connectivity index (χ0n) is 12.0. The molecule has 1 amide bonds. The van der Waals surface area contributed by atoms with Gasteiger partial charge in [-0.15, -0.1) is 0 Å². The number of hydrogen-bond donors (Lipinski definition) is 2. The first kappa shape index (κ1) is 14.8. The van der Waals surface area contributed by atoms with Crippen molar-refractivity contribution >= 4 is 5.91 Å². The first-order valence-electron chi connectivity index (χ1n) is 6.92. The van der Waals surface area contributed by atoms with Crippen LogP contribution in [0.5, 0.6) is 0 Å². The fourth-order valence-corrected chi connectivity index (χ4v) is 2.44. The van der Waals surface area contributed by atoms with Gasteiger partial charge < -0.3 is 15.3 Å². The molecule has 0 unspecified atom stereocenters. The monoisotopic (exact) mass is 274 g/mol. The molecule has 0 saturated carbocycles. The van der Waals surface area contributed by atoms with Crippen LogP contribution in [-0.2, 0) is 6.54 Å². The minimum Gasteiger partial charge on any atom is -0.396 e. The number of hydrogen-bond acceptors (Lipinski definition) is 3. The maximum absolute atomic E-state index is 12.2. The van der Waals surface area contributed by atoms with Gasteiger partial charge in [0.05, 0.1) is 0 Å². The van der Waals surface area contributed by atoms with Crippen molar-refractivity contribution < 1.29 is 9.90 Å². The number of aliphatic hydroxyl groups excluding tert-OH is 1. The van der Waals surface area contributed by atoms with Gasteiger partial charge in [-0.2, -0.15) is 0 Å². The van der Waals surface area contributed by atoms with Crippen molar-refractivity contribution in [2.45, 2.75) is 19.0 Å². The van der Waals surface area contributed by atoms with Crippen LogP contribution in [0.15, 0.2) is 36.4 Å². The Balaban J connectivity index is 1.97. The Labute approximate surface area is 120 Å². The highest BCUT2D eigenvalue weighted by Gasteiger charge is 2.20. The molecule has 0 aromatic heterocycles. The molecule has 0 bridgehead atoms. The Hall–Kier alpha value is -1.65. The lowest BCUT2D eigenvalue weighted by atomic mass is 10.1. The molecule has 1 aliphatic carbocycles. The predicted octanol–water partition coefficient (Wildman–Crippen LogP) is 1.42.